The maximum atomic E-state index is 13.1. The predicted octanol–water partition coefficient (Wildman–Crippen LogP) is 7.16. The van der Waals surface area contributed by atoms with Crippen LogP contribution in [0.1, 0.15) is 26.3 Å². The zero-order valence-electron chi connectivity index (χ0n) is 24.9. The summed E-state index contributed by atoms with van der Waals surface area (Å²) in [5, 5.41) is 11.3. The van der Waals surface area contributed by atoms with Gasteiger partial charge in [0, 0.05) is 23.3 Å². The van der Waals surface area contributed by atoms with Crippen LogP contribution in [0.25, 0.3) is 28.3 Å². The number of rotatable bonds is 12. The molecule has 47 heavy (non-hydrogen) atoms. The van der Waals surface area contributed by atoms with Crippen molar-refractivity contribution in [3.8, 4) is 22.3 Å². The fourth-order valence-corrected chi connectivity index (χ4v) is 4.64. The predicted molar refractivity (Wildman–Crippen MR) is 175 cm³/mol. The standard InChI is InChI=1S/C38H27NO8/c40-35(31-18-14-29(15-19-31)27-9-3-1-4-10-27)24-46-37(42)34(23-26-8-7-13-33(22-26)39(44)45)38(43)47-25-36(41)32-20-16-30(17-21-32)28-11-5-2-6-12-28/h1-23H,24-25H2. The average molecular weight is 626 g/mol. The monoisotopic (exact) mass is 625 g/mol. The number of carbonyl (C=O) groups is 4. The number of carbonyl (C=O) groups excluding carboxylic acids is 4. The van der Waals surface area contributed by atoms with E-state index in [4.69, 9.17) is 9.47 Å². The number of nitrogens with zero attached hydrogens (tertiary/aromatic N) is 1. The molecule has 0 aliphatic rings. The van der Waals surface area contributed by atoms with E-state index < -0.39 is 47.2 Å². The summed E-state index contributed by atoms with van der Waals surface area (Å²) in [6, 6.07) is 37.8. The second-order valence-corrected chi connectivity index (χ2v) is 10.3. The first-order valence-electron chi connectivity index (χ1n) is 14.5. The second kappa shape index (κ2) is 15.0. The Morgan fingerprint density at radius 2 is 0.979 bits per heavy atom. The highest BCUT2D eigenvalue weighted by molar-refractivity contribution is 6.18. The third kappa shape index (κ3) is 8.37. The molecule has 0 atom stereocenters. The molecule has 0 saturated heterocycles. The third-order valence-electron chi connectivity index (χ3n) is 7.13. The average Bonchev–Trinajstić information content (AvgIpc) is 3.12. The summed E-state index contributed by atoms with van der Waals surface area (Å²) in [6.45, 7) is -1.37. The lowest BCUT2D eigenvalue weighted by atomic mass is 10.0. The van der Waals surface area contributed by atoms with Gasteiger partial charge in [-0.05, 0) is 33.9 Å². The highest BCUT2D eigenvalue weighted by Gasteiger charge is 2.24. The van der Waals surface area contributed by atoms with Crippen molar-refractivity contribution >= 4 is 35.3 Å². The number of benzene rings is 5. The SMILES string of the molecule is O=C(OCC(=O)c1ccc(-c2ccccc2)cc1)C(=Cc1cccc([N+](=O)[O-])c1)C(=O)OCC(=O)c1ccc(-c2ccccc2)cc1. The van der Waals surface area contributed by atoms with Crippen LogP contribution in [0.3, 0.4) is 0 Å². The molecular weight excluding hydrogens is 598 g/mol. The lowest BCUT2D eigenvalue weighted by Gasteiger charge is -2.10. The van der Waals surface area contributed by atoms with Crippen molar-refractivity contribution in [1.82, 2.24) is 0 Å². The molecule has 0 amide bonds. The van der Waals surface area contributed by atoms with Gasteiger partial charge in [-0.2, -0.15) is 0 Å². The summed E-state index contributed by atoms with van der Waals surface area (Å²) in [5.41, 5.74) is 3.50. The zero-order valence-corrected chi connectivity index (χ0v) is 24.9. The van der Waals surface area contributed by atoms with Crippen molar-refractivity contribution in [1.29, 1.82) is 0 Å². The largest absolute Gasteiger partial charge is 0.453 e. The Balaban J connectivity index is 1.28. The molecule has 0 spiro atoms. The molecule has 232 valence electrons. The molecule has 0 fully saturated rings. The van der Waals surface area contributed by atoms with Crippen LogP contribution in [0.2, 0.25) is 0 Å². The van der Waals surface area contributed by atoms with E-state index in [-0.39, 0.29) is 22.4 Å². The Bertz CT molecular complexity index is 1840. The number of hydrogen-bond acceptors (Lipinski definition) is 8. The lowest BCUT2D eigenvalue weighted by molar-refractivity contribution is -0.384. The topological polar surface area (TPSA) is 130 Å². The highest BCUT2D eigenvalue weighted by atomic mass is 16.6. The molecule has 5 aromatic rings. The minimum atomic E-state index is -1.20. The Morgan fingerprint density at radius 3 is 1.40 bits per heavy atom. The molecular formula is C38H27NO8. The van der Waals surface area contributed by atoms with Crippen molar-refractivity contribution in [2.24, 2.45) is 0 Å². The van der Waals surface area contributed by atoms with E-state index in [9.17, 15) is 29.3 Å². The molecule has 0 heterocycles. The molecule has 0 saturated carbocycles. The van der Waals surface area contributed by atoms with E-state index in [0.29, 0.717) is 0 Å². The number of ether oxygens (including phenoxy) is 2. The summed E-state index contributed by atoms with van der Waals surface area (Å²) in [5.74, 6) is -3.43. The van der Waals surface area contributed by atoms with E-state index in [1.807, 2.05) is 60.7 Å². The van der Waals surface area contributed by atoms with Gasteiger partial charge in [0.05, 0.1) is 4.92 Å². The van der Waals surface area contributed by atoms with Gasteiger partial charge in [-0.15, -0.1) is 0 Å². The molecule has 0 radical (unpaired) electrons. The first kappa shape index (κ1) is 31.9. The maximum Gasteiger partial charge on any atom is 0.346 e. The first-order chi connectivity index (χ1) is 22.8. The number of ketones is 2. The minimum Gasteiger partial charge on any atom is -0.453 e. The van der Waals surface area contributed by atoms with Gasteiger partial charge < -0.3 is 9.47 Å². The van der Waals surface area contributed by atoms with Crippen LogP contribution in [0.5, 0.6) is 0 Å². The van der Waals surface area contributed by atoms with Crippen LogP contribution in [0, 0.1) is 10.1 Å². The smallest absolute Gasteiger partial charge is 0.346 e. The van der Waals surface area contributed by atoms with Gasteiger partial charge in [0.1, 0.15) is 5.57 Å². The number of non-ortho nitro benzene ring substituents is 1. The fourth-order valence-electron chi connectivity index (χ4n) is 4.64. The Labute approximate surface area is 269 Å². The Hall–Kier alpha value is -6.48. The number of nitro benzene ring substituents is 1. The van der Waals surface area contributed by atoms with E-state index in [1.54, 1.807) is 48.5 Å². The summed E-state index contributed by atoms with van der Waals surface area (Å²) in [4.78, 5) is 62.5. The number of Topliss-reactive ketones (excluding diaryl/α,β-unsaturated/α-hetero) is 2. The summed E-state index contributed by atoms with van der Waals surface area (Å²) in [7, 11) is 0. The maximum absolute atomic E-state index is 13.1. The minimum absolute atomic E-state index is 0.133. The summed E-state index contributed by atoms with van der Waals surface area (Å²) in [6.07, 6.45) is 1.05. The molecule has 0 aliphatic heterocycles. The fraction of sp³-hybridized carbons (Fsp3) is 0.0526. The van der Waals surface area contributed by atoms with E-state index in [0.717, 1.165) is 34.4 Å². The van der Waals surface area contributed by atoms with Gasteiger partial charge in [-0.1, -0.05) is 121 Å². The van der Waals surface area contributed by atoms with Gasteiger partial charge in [0.25, 0.3) is 5.69 Å². The van der Waals surface area contributed by atoms with E-state index in [2.05, 4.69) is 0 Å². The third-order valence-corrected chi connectivity index (χ3v) is 7.13. The summed E-state index contributed by atoms with van der Waals surface area (Å²) < 4.78 is 10.4. The number of esters is 2. The van der Waals surface area contributed by atoms with Crippen LogP contribution in [0.15, 0.2) is 139 Å². The molecule has 0 unspecified atom stereocenters. The van der Waals surface area contributed by atoms with Crippen molar-refractivity contribution in [2.75, 3.05) is 13.2 Å². The van der Waals surface area contributed by atoms with Crippen LogP contribution in [0.4, 0.5) is 5.69 Å². The quantitative estimate of drug-likeness (QED) is 0.0271. The molecule has 0 bridgehead atoms. The molecule has 9 heteroatoms. The van der Waals surface area contributed by atoms with Crippen LogP contribution < -0.4 is 0 Å². The van der Waals surface area contributed by atoms with Crippen molar-refractivity contribution in [3.63, 3.8) is 0 Å². The van der Waals surface area contributed by atoms with Gasteiger partial charge >= 0.3 is 11.9 Å². The van der Waals surface area contributed by atoms with E-state index >= 15 is 0 Å². The van der Waals surface area contributed by atoms with Crippen molar-refractivity contribution in [3.05, 3.63) is 166 Å². The normalized spacial score (nSPS) is 10.4. The van der Waals surface area contributed by atoms with Gasteiger partial charge in [0.15, 0.2) is 24.8 Å². The Kier molecular flexibility index (Phi) is 10.2. The zero-order chi connectivity index (χ0) is 33.2. The van der Waals surface area contributed by atoms with Crippen LogP contribution >= 0.6 is 0 Å². The van der Waals surface area contributed by atoms with E-state index in [1.165, 1.54) is 18.2 Å². The summed E-state index contributed by atoms with van der Waals surface area (Å²) >= 11 is 0. The van der Waals surface area contributed by atoms with Crippen LogP contribution in [-0.4, -0.2) is 41.6 Å². The second-order valence-electron chi connectivity index (χ2n) is 10.3. The molecule has 0 aromatic heterocycles. The number of nitro groups is 1. The van der Waals surface area contributed by atoms with Gasteiger partial charge in [0.2, 0.25) is 0 Å². The highest BCUT2D eigenvalue weighted by Crippen LogP contribution is 2.22. The number of hydrogen-bond donors (Lipinski definition) is 0. The molecule has 0 N–H and O–H groups in total. The Morgan fingerprint density at radius 1 is 0.553 bits per heavy atom. The van der Waals surface area contributed by atoms with Gasteiger partial charge in [-0.25, -0.2) is 9.59 Å². The molecule has 5 aromatic carbocycles. The van der Waals surface area contributed by atoms with Crippen molar-refractivity contribution in [2.45, 2.75) is 0 Å². The first-order valence-corrected chi connectivity index (χ1v) is 14.5. The molecule has 5 rings (SSSR count). The van der Waals surface area contributed by atoms with Gasteiger partial charge in [-0.3, -0.25) is 19.7 Å². The van der Waals surface area contributed by atoms with Crippen molar-refractivity contribution < 1.29 is 33.6 Å². The lowest BCUT2D eigenvalue weighted by Crippen LogP contribution is -2.23. The van der Waals surface area contributed by atoms with Crippen LogP contribution in [-0.2, 0) is 19.1 Å². The molecule has 9 nitrogen and oxygen atoms in total. The molecule has 0 aliphatic carbocycles.